The van der Waals surface area contributed by atoms with E-state index in [1.165, 1.54) is 12.3 Å². The number of hydrogen-bond acceptors (Lipinski definition) is 2. The predicted molar refractivity (Wildman–Crippen MR) is 64.6 cm³/mol. The molecule has 0 unspecified atom stereocenters. The summed E-state index contributed by atoms with van der Waals surface area (Å²) in [5, 5.41) is 6.40. The molecule has 0 saturated carbocycles. The van der Waals surface area contributed by atoms with Gasteiger partial charge in [-0.2, -0.15) is 18.3 Å². The Bertz CT molecular complexity index is 632. The summed E-state index contributed by atoms with van der Waals surface area (Å²) >= 11 is 4.93. The molecule has 0 bridgehead atoms. The number of rotatable bonds is 1. The van der Waals surface area contributed by atoms with Crippen LogP contribution in [0.4, 0.5) is 13.2 Å². The van der Waals surface area contributed by atoms with Crippen molar-refractivity contribution in [1.29, 1.82) is 0 Å². The number of nitrogens with zero attached hydrogens (tertiary/aromatic N) is 1. The van der Waals surface area contributed by atoms with Crippen LogP contribution in [-0.4, -0.2) is 10.2 Å². The van der Waals surface area contributed by atoms with Crippen molar-refractivity contribution in [2.24, 2.45) is 0 Å². The lowest BCUT2D eigenvalue weighted by Gasteiger charge is -2.10. The molecule has 2 aromatic rings. The summed E-state index contributed by atoms with van der Waals surface area (Å²) in [4.78, 5) is 0. The van der Waals surface area contributed by atoms with Crippen LogP contribution >= 0.6 is 12.2 Å². The Balaban J connectivity index is 2.52. The van der Waals surface area contributed by atoms with E-state index in [9.17, 15) is 13.2 Å². The van der Waals surface area contributed by atoms with Gasteiger partial charge in [-0.05, 0) is 36.2 Å². The zero-order valence-corrected chi connectivity index (χ0v) is 10.2. The van der Waals surface area contributed by atoms with Crippen molar-refractivity contribution in [3.63, 3.8) is 0 Å². The quantitative estimate of drug-likeness (QED) is 0.789. The van der Waals surface area contributed by atoms with E-state index in [0.717, 1.165) is 12.1 Å². The minimum atomic E-state index is -4.32. The summed E-state index contributed by atoms with van der Waals surface area (Å²) in [7, 11) is 0. The predicted octanol–water partition coefficient (Wildman–Crippen LogP) is 4.13. The summed E-state index contributed by atoms with van der Waals surface area (Å²) in [5.41, 5.74) is 1.27. The van der Waals surface area contributed by atoms with Crippen molar-refractivity contribution in [2.45, 2.75) is 13.1 Å². The number of aromatic nitrogens is 2. The Kier molecular flexibility index (Phi) is 3.21. The van der Waals surface area contributed by atoms with E-state index >= 15 is 0 Å². The minimum Gasteiger partial charge on any atom is -0.268 e. The normalized spacial score (nSPS) is 11.6. The molecule has 6 heteroatoms. The first kappa shape index (κ1) is 12.8. The molecule has 0 saturated heterocycles. The Hall–Kier alpha value is -1.69. The highest BCUT2D eigenvalue weighted by molar-refractivity contribution is 7.71. The van der Waals surface area contributed by atoms with E-state index in [4.69, 9.17) is 12.2 Å². The molecule has 1 aromatic heterocycles. The molecule has 0 radical (unpaired) electrons. The first-order valence-electron chi connectivity index (χ1n) is 5.11. The van der Waals surface area contributed by atoms with Gasteiger partial charge in [0.2, 0.25) is 0 Å². The summed E-state index contributed by atoms with van der Waals surface area (Å²) in [5.74, 6) is 0. The van der Waals surface area contributed by atoms with E-state index in [1.807, 2.05) is 0 Å². The van der Waals surface area contributed by atoms with Gasteiger partial charge in [-0.1, -0.05) is 18.3 Å². The fourth-order valence-electron chi connectivity index (χ4n) is 1.69. The molecule has 1 heterocycles. The van der Waals surface area contributed by atoms with Crippen LogP contribution in [0.1, 0.15) is 11.1 Å². The van der Waals surface area contributed by atoms with E-state index < -0.39 is 11.7 Å². The van der Waals surface area contributed by atoms with E-state index in [-0.39, 0.29) is 0 Å². The van der Waals surface area contributed by atoms with Crippen LogP contribution in [0.3, 0.4) is 0 Å². The second-order valence-electron chi connectivity index (χ2n) is 3.86. The third kappa shape index (κ3) is 2.59. The fourth-order valence-corrected chi connectivity index (χ4v) is 1.87. The molecule has 0 fully saturated rings. The van der Waals surface area contributed by atoms with Gasteiger partial charge in [0.15, 0.2) is 0 Å². The van der Waals surface area contributed by atoms with Crippen molar-refractivity contribution in [3.8, 4) is 11.1 Å². The van der Waals surface area contributed by atoms with Gasteiger partial charge in [-0.3, -0.25) is 5.10 Å². The van der Waals surface area contributed by atoms with Crippen LogP contribution in [-0.2, 0) is 6.18 Å². The number of alkyl halides is 3. The molecular formula is C12H9F3N2S. The molecule has 0 aliphatic rings. The van der Waals surface area contributed by atoms with Crippen LogP contribution in [0.5, 0.6) is 0 Å². The molecule has 94 valence electrons. The molecule has 18 heavy (non-hydrogen) atoms. The highest BCUT2D eigenvalue weighted by Gasteiger charge is 2.30. The van der Waals surface area contributed by atoms with Crippen molar-refractivity contribution < 1.29 is 13.2 Å². The maximum Gasteiger partial charge on any atom is 0.416 e. The standard InChI is InChI=1S/C12H9F3N2S/c1-7-4-9(12(13,14)15)2-3-10(7)8-5-11(18)17-16-6-8/h2-6H,1H3,(H,17,18). The molecule has 0 spiro atoms. The lowest BCUT2D eigenvalue weighted by atomic mass is 10.00. The molecular weight excluding hydrogens is 261 g/mol. The second-order valence-corrected chi connectivity index (χ2v) is 4.30. The van der Waals surface area contributed by atoms with Gasteiger partial charge in [0.05, 0.1) is 11.8 Å². The van der Waals surface area contributed by atoms with E-state index in [1.54, 1.807) is 13.0 Å². The van der Waals surface area contributed by atoms with Crippen molar-refractivity contribution in [1.82, 2.24) is 10.2 Å². The maximum absolute atomic E-state index is 12.5. The average Bonchev–Trinajstić information content (AvgIpc) is 2.27. The molecule has 1 aromatic carbocycles. The lowest BCUT2D eigenvalue weighted by Crippen LogP contribution is -2.05. The molecule has 0 atom stereocenters. The van der Waals surface area contributed by atoms with Crippen LogP contribution < -0.4 is 0 Å². The molecule has 2 rings (SSSR count). The van der Waals surface area contributed by atoms with Gasteiger partial charge in [0.25, 0.3) is 0 Å². The van der Waals surface area contributed by atoms with Crippen molar-refractivity contribution in [3.05, 3.63) is 46.2 Å². The molecule has 0 aliphatic carbocycles. The van der Waals surface area contributed by atoms with E-state index in [0.29, 0.717) is 21.3 Å². The van der Waals surface area contributed by atoms with Gasteiger partial charge >= 0.3 is 6.18 Å². The highest BCUT2D eigenvalue weighted by atomic mass is 32.1. The van der Waals surface area contributed by atoms with Gasteiger partial charge in [-0.25, -0.2) is 0 Å². The van der Waals surface area contributed by atoms with Crippen molar-refractivity contribution in [2.75, 3.05) is 0 Å². The average molecular weight is 270 g/mol. The second kappa shape index (κ2) is 4.53. The topological polar surface area (TPSA) is 28.7 Å². The first-order valence-corrected chi connectivity index (χ1v) is 5.52. The van der Waals surface area contributed by atoms with Gasteiger partial charge in [-0.15, -0.1) is 0 Å². The Morgan fingerprint density at radius 2 is 1.94 bits per heavy atom. The third-order valence-corrected chi connectivity index (χ3v) is 2.74. The number of aromatic amines is 1. The molecule has 1 N–H and O–H groups in total. The lowest BCUT2D eigenvalue weighted by molar-refractivity contribution is -0.137. The number of nitrogens with one attached hydrogen (secondary N) is 1. The van der Waals surface area contributed by atoms with Crippen LogP contribution in [0.2, 0.25) is 0 Å². The number of H-pyrrole nitrogens is 1. The molecule has 0 amide bonds. The van der Waals surface area contributed by atoms with Gasteiger partial charge in [0, 0.05) is 5.56 Å². The number of hydrogen-bond donors (Lipinski definition) is 1. The van der Waals surface area contributed by atoms with Crippen LogP contribution in [0.25, 0.3) is 11.1 Å². The molecule has 0 aliphatic heterocycles. The molecule has 2 nitrogen and oxygen atoms in total. The highest BCUT2D eigenvalue weighted by Crippen LogP contribution is 2.32. The number of aryl methyl sites for hydroxylation is 1. The van der Waals surface area contributed by atoms with Crippen molar-refractivity contribution >= 4 is 12.2 Å². The first-order chi connectivity index (χ1) is 8.38. The fraction of sp³-hybridized carbons (Fsp3) is 0.167. The zero-order valence-electron chi connectivity index (χ0n) is 9.38. The van der Waals surface area contributed by atoms with E-state index in [2.05, 4.69) is 10.2 Å². The van der Waals surface area contributed by atoms with Crippen LogP contribution in [0.15, 0.2) is 30.5 Å². The monoisotopic (exact) mass is 270 g/mol. The zero-order chi connectivity index (χ0) is 13.3. The number of halogens is 3. The third-order valence-electron chi connectivity index (χ3n) is 2.53. The summed E-state index contributed by atoms with van der Waals surface area (Å²) in [6, 6.07) is 5.28. The minimum absolute atomic E-state index is 0.437. The maximum atomic E-state index is 12.5. The van der Waals surface area contributed by atoms with Gasteiger partial charge in [0.1, 0.15) is 4.64 Å². The number of benzene rings is 1. The summed E-state index contributed by atoms with van der Waals surface area (Å²) in [6.45, 7) is 1.63. The SMILES string of the molecule is Cc1cc(C(F)(F)F)ccc1-c1cn[nH]c(=S)c1. The summed E-state index contributed by atoms with van der Waals surface area (Å²) < 4.78 is 38.0. The Morgan fingerprint density at radius 1 is 1.22 bits per heavy atom. The Labute approximate surface area is 106 Å². The Morgan fingerprint density at radius 3 is 2.50 bits per heavy atom. The van der Waals surface area contributed by atoms with Crippen LogP contribution in [0, 0.1) is 11.6 Å². The van der Waals surface area contributed by atoms with Gasteiger partial charge < -0.3 is 0 Å². The largest absolute Gasteiger partial charge is 0.416 e. The summed E-state index contributed by atoms with van der Waals surface area (Å²) in [6.07, 6.45) is -2.79. The smallest absolute Gasteiger partial charge is 0.268 e.